The van der Waals surface area contributed by atoms with Crippen LogP contribution in [0.2, 0.25) is 0 Å². The molecule has 2 aliphatic rings. The van der Waals surface area contributed by atoms with E-state index < -0.39 is 0 Å². The van der Waals surface area contributed by atoms with Crippen molar-refractivity contribution >= 4 is 35.0 Å². The van der Waals surface area contributed by atoms with Gasteiger partial charge in [0, 0.05) is 24.3 Å². The number of ether oxygens (including phenoxy) is 3. The van der Waals surface area contributed by atoms with Crippen LogP contribution in [-0.4, -0.2) is 23.6 Å². The van der Waals surface area contributed by atoms with Gasteiger partial charge in [0.25, 0.3) is 23.6 Å². The molecule has 200 valence electrons. The fraction of sp³-hybridized carbons (Fsp3) is 0. The zero-order chi connectivity index (χ0) is 28.3. The lowest BCUT2D eigenvalue weighted by Crippen LogP contribution is -2.29. The number of amides is 4. The largest absolute Gasteiger partial charge is 0.457 e. The molecule has 0 fully saturated rings. The van der Waals surface area contributed by atoms with Crippen molar-refractivity contribution in [3.63, 3.8) is 0 Å². The fourth-order valence-electron chi connectivity index (χ4n) is 4.20. The summed E-state index contributed by atoms with van der Waals surface area (Å²) in [5.41, 5.74) is 0.946. The Hall–Kier alpha value is -5.96. The summed E-state index contributed by atoms with van der Waals surface area (Å²) >= 11 is 0. The molecule has 6 rings (SSSR count). The van der Waals surface area contributed by atoms with Crippen LogP contribution in [0.4, 0.5) is 11.4 Å². The Kier molecular flexibility index (Phi) is 6.58. The lowest BCUT2D eigenvalue weighted by atomic mass is 10.2. The van der Waals surface area contributed by atoms with E-state index in [0.29, 0.717) is 45.9 Å². The zero-order valence-corrected chi connectivity index (χ0v) is 21.3. The monoisotopic (exact) mass is 544 g/mol. The van der Waals surface area contributed by atoms with Gasteiger partial charge in [-0.1, -0.05) is 0 Å². The van der Waals surface area contributed by atoms with Crippen molar-refractivity contribution in [3.8, 4) is 34.5 Å². The molecule has 0 unspecified atom stereocenters. The number of nitrogens with zero attached hydrogens (tertiary/aromatic N) is 2. The van der Waals surface area contributed by atoms with Gasteiger partial charge >= 0.3 is 0 Å². The molecule has 0 saturated heterocycles. The van der Waals surface area contributed by atoms with Crippen LogP contribution >= 0.6 is 0 Å². The van der Waals surface area contributed by atoms with E-state index in [1.54, 1.807) is 97.1 Å². The van der Waals surface area contributed by atoms with Gasteiger partial charge in [0.1, 0.15) is 34.5 Å². The standard InChI is InChI=1S/C32H20N2O7/c35-29-17-18-30(36)33(29)21-1-5-23(6-2-21)39-25-9-13-27(14-10-25)41-28-15-11-26(12-16-28)40-24-7-3-22(4-8-24)34-31(37)19-20-32(34)38/h1-20H. The van der Waals surface area contributed by atoms with Gasteiger partial charge in [0.15, 0.2) is 0 Å². The maximum atomic E-state index is 11.8. The van der Waals surface area contributed by atoms with Crippen molar-refractivity contribution in [2.45, 2.75) is 0 Å². The number of imide groups is 2. The second kappa shape index (κ2) is 10.7. The number of benzene rings is 4. The second-order valence-corrected chi connectivity index (χ2v) is 8.93. The third-order valence-electron chi connectivity index (χ3n) is 6.16. The van der Waals surface area contributed by atoms with Crippen LogP contribution < -0.4 is 24.0 Å². The molecule has 0 aromatic heterocycles. The summed E-state index contributed by atoms with van der Waals surface area (Å²) in [4.78, 5) is 49.5. The van der Waals surface area contributed by atoms with Crippen LogP contribution in [0.15, 0.2) is 121 Å². The summed E-state index contributed by atoms with van der Waals surface area (Å²) in [5.74, 6) is 2.00. The van der Waals surface area contributed by atoms with E-state index in [0.717, 1.165) is 9.80 Å². The third kappa shape index (κ3) is 5.45. The van der Waals surface area contributed by atoms with Crippen molar-refractivity contribution in [1.29, 1.82) is 0 Å². The molecule has 4 aromatic carbocycles. The van der Waals surface area contributed by atoms with E-state index in [1.807, 2.05) is 0 Å². The first kappa shape index (κ1) is 25.3. The highest BCUT2D eigenvalue weighted by molar-refractivity contribution is 6.28. The Labute approximate surface area is 234 Å². The van der Waals surface area contributed by atoms with Gasteiger partial charge in [-0.3, -0.25) is 19.2 Å². The molecule has 0 radical (unpaired) electrons. The van der Waals surface area contributed by atoms with E-state index >= 15 is 0 Å². The van der Waals surface area contributed by atoms with Crippen molar-refractivity contribution in [2.75, 3.05) is 9.80 Å². The molecule has 2 aliphatic heterocycles. The van der Waals surface area contributed by atoms with Crippen molar-refractivity contribution in [3.05, 3.63) is 121 Å². The highest BCUT2D eigenvalue weighted by atomic mass is 16.5. The number of rotatable bonds is 8. The maximum absolute atomic E-state index is 11.8. The highest BCUT2D eigenvalue weighted by Gasteiger charge is 2.25. The molecule has 0 N–H and O–H groups in total. The molecule has 0 aliphatic carbocycles. The minimum absolute atomic E-state index is 0.374. The lowest BCUT2D eigenvalue weighted by Gasteiger charge is -2.14. The van der Waals surface area contributed by atoms with E-state index in [4.69, 9.17) is 14.2 Å². The Morgan fingerprint density at radius 2 is 0.512 bits per heavy atom. The second-order valence-electron chi connectivity index (χ2n) is 8.93. The molecule has 9 nitrogen and oxygen atoms in total. The molecule has 0 saturated carbocycles. The molecule has 4 aromatic rings. The zero-order valence-electron chi connectivity index (χ0n) is 21.3. The smallest absolute Gasteiger partial charge is 0.258 e. The van der Waals surface area contributed by atoms with Crippen molar-refractivity contribution in [1.82, 2.24) is 0 Å². The first-order chi connectivity index (χ1) is 19.9. The third-order valence-corrected chi connectivity index (χ3v) is 6.16. The molecule has 41 heavy (non-hydrogen) atoms. The minimum Gasteiger partial charge on any atom is -0.457 e. The molecule has 9 heteroatoms. The lowest BCUT2D eigenvalue weighted by molar-refractivity contribution is -0.121. The van der Waals surface area contributed by atoms with Gasteiger partial charge in [-0.15, -0.1) is 0 Å². The van der Waals surface area contributed by atoms with Crippen LogP contribution in [0, 0.1) is 0 Å². The Balaban J connectivity index is 1.03. The van der Waals surface area contributed by atoms with E-state index in [9.17, 15) is 19.2 Å². The number of anilines is 2. The fourth-order valence-corrected chi connectivity index (χ4v) is 4.20. The van der Waals surface area contributed by atoms with Crippen LogP contribution in [0.5, 0.6) is 34.5 Å². The first-order valence-corrected chi connectivity index (χ1v) is 12.5. The normalized spacial score (nSPS) is 14.2. The number of carbonyl (C=O) groups is 4. The van der Waals surface area contributed by atoms with E-state index in [1.165, 1.54) is 24.3 Å². The van der Waals surface area contributed by atoms with Crippen molar-refractivity contribution in [2.24, 2.45) is 0 Å². The van der Waals surface area contributed by atoms with Gasteiger partial charge in [-0.2, -0.15) is 0 Å². The predicted octanol–water partition coefficient (Wildman–Crippen LogP) is 5.92. The van der Waals surface area contributed by atoms with Gasteiger partial charge in [-0.05, 0) is 97.1 Å². The molecular weight excluding hydrogens is 524 g/mol. The SMILES string of the molecule is O=C1C=CC(=O)N1c1ccc(Oc2ccc(Oc3ccc(Oc4ccc(N5C(=O)C=CC5=O)cc4)cc3)cc2)cc1. The maximum Gasteiger partial charge on any atom is 0.258 e. The average molecular weight is 545 g/mol. The van der Waals surface area contributed by atoms with E-state index in [-0.39, 0.29) is 23.6 Å². The van der Waals surface area contributed by atoms with Crippen LogP contribution in [0.1, 0.15) is 0 Å². The molecule has 0 bridgehead atoms. The Morgan fingerprint density at radius 1 is 0.317 bits per heavy atom. The Morgan fingerprint density at radius 3 is 0.732 bits per heavy atom. The quantitative estimate of drug-likeness (QED) is 0.254. The molecule has 0 spiro atoms. The van der Waals surface area contributed by atoms with Gasteiger partial charge < -0.3 is 14.2 Å². The van der Waals surface area contributed by atoms with E-state index in [2.05, 4.69) is 0 Å². The number of carbonyl (C=O) groups excluding carboxylic acids is 4. The number of hydrogen-bond acceptors (Lipinski definition) is 7. The number of hydrogen-bond donors (Lipinski definition) is 0. The topological polar surface area (TPSA) is 102 Å². The van der Waals surface area contributed by atoms with Gasteiger partial charge in [0.2, 0.25) is 0 Å². The van der Waals surface area contributed by atoms with Crippen LogP contribution in [0.3, 0.4) is 0 Å². The summed E-state index contributed by atoms with van der Waals surface area (Å²) in [5, 5.41) is 0. The Bertz CT molecular complexity index is 1540. The summed E-state index contributed by atoms with van der Waals surface area (Å²) < 4.78 is 17.6. The average Bonchev–Trinajstić information content (AvgIpc) is 3.50. The van der Waals surface area contributed by atoms with Crippen molar-refractivity contribution < 1.29 is 33.4 Å². The first-order valence-electron chi connectivity index (χ1n) is 12.5. The summed E-state index contributed by atoms with van der Waals surface area (Å²) in [7, 11) is 0. The van der Waals surface area contributed by atoms with Gasteiger partial charge in [-0.25, -0.2) is 9.80 Å². The molecular formula is C32H20N2O7. The van der Waals surface area contributed by atoms with Gasteiger partial charge in [0.05, 0.1) is 11.4 Å². The molecule has 4 amide bonds. The van der Waals surface area contributed by atoms with Crippen LogP contribution in [-0.2, 0) is 19.2 Å². The summed E-state index contributed by atoms with van der Waals surface area (Å²) in [6, 6.07) is 27.5. The summed E-state index contributed by atoms with van der Waals surface area (Å²) in [6.45, 7) is 0. The molecule has 2 heterocycles. The molecule has 0 atom stereocenters. The predicted molar refractivity (Wildman–Crippen MR) is 149 cm³/mol. The summed E-state index contributed by atoms with van der Waals surface area (Å²) in [6.07, 6.45) is 4.96. The minimum atomic E-state index is -0.374. The highest BCUT2D eigenvalue weighted by Crippen LogP contribution is 2.31. The van der Waals surface area contributed by atoms with Crippen LogP contribution in [0.25, 0.3) is 0 Å².